The van der Waals surface area contributed by atoms with Gasteiger partial charge in [-0.25, -0.2) is 4.79 Å². The van der Waals surface area contributed by atoms with E-state index in [4.69, 9.17) is 16.7 Å². The molecule has 1 atom stereocenters. The number of halogens is 1. The number of hydrogen-bond donors (Lipinski definition) is 1. The second kappa shape index (κ2) is 7.03. The normalized spacial score (nSPS) is 12.4. The number of aromatic carboxylic acids is 1. The van der Waals surface area contributed by atoms with E-state index in [1.165, 1.54) is 12.1 Å². The minimum atomic E-state index is -1.16. The summed E-state index contributed by atoms with van der Waals surface area (Å²) in [5.41, 5.74) is 0.00221. The molecule has 94 valence electrons. The summed E-state index contributed by atoms with van der Waals surface area (Å²) in [5.74, 6) is 0.394. The maximum Gasteiger partial charge on any atom is 0.337 e. The summed E-state index contributed by atoms with van der Waals surface area (Å²) in [6, 6.07) is 4.48. The van der Waals surface area contributed by atoms with Gasteiger partial charge in [0.15, 0.2) is 0 Å². The molecule has 0 aliphatic rings. The van der Waals surface area contributed by atoms with Gasteiger partial charge in [-0.15, -0.1) is 0 Å². The van der Waals surface area contributed by atoms with Gasteiger partial charge in [0, 0.05) is 10.6 Å². The second-order valence-electron chi connectivity index (χ2n) is 3.34. The van der Waals surface area contributed by atoms with Crippen molar-refractivity contribution in [3.63, 3.8) is 0 Å². The fourth-order valence-electron chi connectivity index (χ4n) is 1.26. The van der Waals surface area contributed by atoms with Gasteiger partial charge in [-0.05, 0) is 36.6 Å². The minimum absolute atomic E-state index is 0.00221. The van der Waals surface area contributed by atoms with Gasteiger partial charge < -0.3 is 5.11 Å². The SMILES string of the molecule is CSCCCS(=O)c1ccc(Cl)c(C(=O)O)c1. The highest BCUT2D eigenvalue weighted by molar-refractivity contribution is 7.98. The first kappa shape index (κ1) is 14.5. The maximum atomic E-state index is 11.9. The first-order valence-electron chi connectivity index (χ1n) is 4.96. The van der Waals surface area contributed by atoms with Crippen LogP contribution >= 0.6 is 23.4 Å². The molecule has 0 radical (unpaired) electrons. The molecule has 0 aliphatic heterocycles. The van der Waals surface area contributed by atoms with Crippen molar-refractivity contribution in [3.8, 4) is 0 Å². The van der Waals surface area contributed by atoms with E-state index in [2.05, 4.69) is 0 Å². The van der Waals surface area contributed by atoms with Crippen LogP contribution in [0.1, 0.15) is 16.8 Å². The molecule has 0 fully saturated rings. The van der Waals surface area contributed by atoms with Crippen LogP contribution in [-0.4, -0.2) is 33.0 Å². The number of rotatable bonds is 6. The van der Waals surface area contributed by atoms with E-state index in [0.29, 0.717) is 10.6 Å². The number of carboxylic acid groups (broad SMARTS) is 1. The highest BCUT2D eigenvalue weighted by Crippen LogP contribution is 2.20. The zero-order valence-corrected chi connectivity index (χ0v) is 11.7. The second-order valence-corrected chi connectivity index (χ2v) is 6.31. The van der Waals surface area contributed by atoms with Crippen LogP contribution < -0.4 is 0 Å². The highest BCUT2D eigenvalue weighted by Gasteiger charge is 2.12. The highest BCUT2D eigenvalue weighted by atomic mass is 35.5. The largest absolute Gasteiger partial charge is 0.478 e. The van der Waals surface area contributed by atoms with E-state index in [-0.39, 0.29) is 10.6 Å². The molecule has 3 nitrogen and oxygen atoms in total. The molecule has 0 amide bonds. The fourth-order valence-corrected chi connectivity index (χ4v) is 3.19. The van der Waals surface area contributed by atoms with Gasteiger partial charge in [-0.3, -0.25) is 4.21 Å². The van der Waals surface area contributed by atoms with Crippen LogP contribution in [0.15, 0.2) is 23.1 Å². The van der Waals surface area contributed by atoms with E-state index >= 15 is 0 Å². The van der Waals surface area contributed by atoms with Gasteiger partial charge in [-0.1, -0.05) is 11.6 Å². The number of benzene rings is 1. The van der Waals surface area contributed by atoms with Crippen molar-refractivity contribution in [1.82, 2.24) is 0 Å². The third-order valence-electron chi connectivity index (χ3n) is 2.11. The summed E-state index contributed by atoms with van der Waals surface area (Å²) in [6.07, 6.45) is 2.84. The molecule has 1 rings (SSSR count). The number of hydrogen-bond acceptors (Lipinski definition) is 3. The van der Waals surface area contributed by atoms with Gasteiger partial charge in [0.25, 0.3) is 0 Å². The Bertz CT molecular complexity index is 435. The molecule has 1 N–H and O–H groups in total. The van der Waals surface area contributed by atoms with E-state index in [9.17, 15) is 9.00 Å². The molecule has 6 heteroatoms. The molecule has 0 heterocycles. The lowest BCUT2D eigenvalue weighted by Crippen LogP contribution is -2.03. The van der Waals surface area contributed by atoms with E-state index in [1.54, 1.807) is 17.8 Å². The van der Waals surface area contributed by atoms with Crippen LogP contribution in [0.3, 0.4) is 0 Å². The van der Waals surface area contributed by atoms with Crippen molar-refractivity contribution in [2.75, 3.05) is 17.8 Å². The van der Waals surface area contributed by atoms with Gasteiger partial charge in [0.05, 0.1) is 21.4 Å². The molecule has 0 bridgehead atoms. The smallest absolute Gasteiger partial charge is 0.337 e. The van der Waals surface area contributed by atoms with Crippen LogP contribution in [0.25, 0.3) is 0 Å². The standard InChI is InChI=1S/C11H13ClO3S2/c1-16-5-2-6-17(15)8-3-4-10(12)9(7-8)11(13)14/h3-4,7H,2,5-6H2,1H3,(H,13,14). The number of thioether (sulfide) groups is 1. The zero-order valence-electron chi connectivity index (χ0n) is 9.31. The summed E-state index contributed by atoms with van der Waals surface area (Å²) in [6.45, 7) is 0. The van der Waals surface area contributed by atoms with Gasteiger partial charge in [0.2, 0.25) is 0 Å². The van der Waals surface area contributed by atoms with Gasteiger partial charge in [-0.2, -0.15) is 11.8 Å². The van der Waals surface area contributed by atoms with E-state index in [1.807, 2.05) is 6.26 Å². The Kier molecular flexibility index (Phi) is 6.02. The Balaban J connectivity index is 2.81. The lowest BCUT2D eigenvalue weighted by Gasteiger charge is -2.04. The quantitative estimate of drug-likeness (QED) is 0.819. The molecular formula is C11H13ClO3S2. The minimum Gasteiger partial charge on any atom is -0.478 e. The van der Waals surface area contributed by atoms with Crippen molar-refractivity contribution >= 4 is 40.1 Å². The summed E-state index contributed by atoms with van der Waals surface area (Å²) in [5, 5.41) is 9.07. The molecule has 0 saturated carbocycles. The van der Waals surface area contributed by atoms with Crippen LogP contribution in [-0.2, 0) is 10.8 Å². The summed E-state index contributed by atoms with van der Waals surface area (Å²) < 4.78 is 11.9. The third-order valence-corrected chi connectivity index (χ3v) is 4.58. The first-order chi connectivity index (χ1) is 8.06. The Morgan fingerprint density at radius 3 is 2.82 bits per heavy atom. The average molecular weight is 293 g/mol. The van der Waals surface area contributed by atoms with Crippen molar-refractivity contribution < 1.29 is 14.1 Å². The molecule has 0 saturated heterocycles. The fraction of sp³-hybridized carbons (Fsp3) is 0.364. The molecule has 17 heavy (non-hydrogen) atoms. The third kappa shape index (κ3) is 4.33. The van der Waals surface area contributed by atoms with Gasteiger partial charge in [0.1, 0.15) is 0 Å². The topological polar surface area (TPSA) is 54.4 Å². The Hall–Kier alpha value is -0.520. The Morgan fingerprint density at radius 1 is 1.53 bits per heavy atom. The van der Waals surface area contributed by atoms with Gasteiger partial charge >= 0.3 is 5.97 Å². The first-order valence-corrected chi connectivity index (χ1v) is 8.05. The molecule has 0 spiro atoms. The number of carbonyl (C=O) groups is 1. The molecule has 1 aromatic carbocycles. The lowest BCUT2D eigenvalue weighted by molar-refractivity contribution is 0.0697. The van der Waals surface area contributed by atoms with Crippen molar-refractivity contribution in [2.45, 2.75) is 11.3 Å². The predicted octanol–water partition coefficient (Wildman–Crippen LogP) is 2.90. The average Bonchev–Trinajstić information content (AvgIpc) is 2.29. The zero-order chi connectivity index (χ0) is 12.8. The van der Waals surface area contributed by atoms with Crippen LogP contribution in [0, 0.1) is 0 Å². The van der Waals surface area contributed by atoms with Crippen LogP contribution in [0.5, 0.6) is 0 Å². The molecular weight excluding hydrogens is 280 g/mol. The van der Waals surface area contributed by atoms with Crippen LogP contribution in [0.4, 0.5) is 0 Å². The van der Waals surface area contributed by atoms with Crippen LogP contribution in [0.2, 0.25) is 5.02 Å². The Labute approximate surface area is 112 Å². The maximum absolute atomic E-state index is 11.9. The van der Waals surface area contributed by atoms with E-state index in [0.717, 1.165) is 12.2 Å². The molecule has 1 aromatic rings. The monoisotopic (exact) mass is 292 g/mol. The Morgan fingerprint density at radius 2 is 2.24 bits per heavy atom. The molecule has 1 unspecified atom stereocenters. The summed E-state index contributed by atoms with van der Waals surface area (Å²) >= 11 is 7.44. The van der Waals surface area contributed by atoms with Crippen molar-refractivity contribution in [2.24, 2.45) is 0 Å². The van der Waals surface area contributed by atoms with E-state index < -0.39 is 16.8 Å². The number of carboxylic acids is 1. The van der Waals surface area contributed by atoms with Crippen molar-refractivity contribution in [1.29, 1.82) is 0 Å². The molecule has 0 aliphatic carbocycles. The predicted molar refractivity (Wildman–Crippen MR) is 72.7 cm³/mol. The summed E-state index contributed by atoms with van der Waals surface area (Å²) in [4.78, 5) is 11.4. The van der Waals surface area contributed by atoms with Crippen molar-refractivity contribution in [3.05, 3.63) is 28.8 Å². The summed E-state index contributed by atoms with van der Waals surface area (Å²) in [7, 11) is -1.16. The lowest BCUT2D eigenvalue weighted by atomic mass is 10.2. The molecule has 0 aromatic heterocycles.